The zero-order valence-corrected chi connectivity index (χ0v) is 15.0. The van der Waals surface area contributed by atoms with Gasteiger partial charge in [0.1, 0.15) is 4.83 Å². The van der Waals surface area contributed by atoms with E-state index in [1.165, 1.54) is 26.4 Å². The second-order valence-electron chi connectivity index (χ2n) is 6.53. The van der Waals surface area contributed by atoms with Gasteiger partial charge in [-0.1, -0.05) is 30.3 Å². The normalized spacial score (nSPS) is 16.0. The van der Waals surface area contributed by atoms with Crippen molar-refractivity contribution in [1.29, 1.82) is 0 Å². The predicted molar refractivity (Wildman–Crippen MR) is 101 cm³/mol. The van der Waals surface area contributed by atoms with Gasteiger partial charge in [-0.2, -0.15) is 0 Å². The summed E-state index contributed by atoms with van der Waals surface area (Å²) in [6, 6.07) is 15.4. The van der Waals surface area contributed by atoms with Gasteiger partial charge in [-0.15, -0.1) is 11.3 Å². The number of hydrogen-bond donors (Lipinski definition) is 0. The summed E-state index contributed by atoms with van der Waals surface area (Å²) in [7, 11) is 0. The molecule has 2 aromatic heterocycles. The fourth-order valence-corrected chi connectivity index (χ4v) is 4.71. The fraction of sp³-hybridized carbons (Fsp3) is 0.400. The van der Waals surface area contributed by atoms with Gasteiger partial charge in [-0.05, 0) is 24.6 Å². The van der Waals surface area contributed by atoms with Gasteiger partial charge >= 0.3 is 0 Å². The van der Waals surface area contributed by atoms with Gasteiger partial charge in [-0.3, -0.25) is 4.90 Å². The van der Waals surface area contributed by atoms with Crippen LogP contribution in [0, 0.1) is 6.92 Å². The smallest absolute Gasteiger partial charge is 0.103 e. The summed E-state index contributed by atoms with van der Waals surface area (Å²) < 4.78 is 7.93. The van der Waals surface area contributed by atoms with Crippen molar-refractivity contribution in [2.75, 3.05) is 32.8 Å². The van der Waals surface area contributed by atoms with Crippen molar-refractivity contribution >= 4 is 21.6 Å². The van der Waals surface area contributed by atoms with Crippen molar-refractivity contribution in [3.63, 3.8) is 0 Å². The van der Waals surface area contributed by atoms with Crippen LogP contribution in [0.1, 0.15) is 16.1 Å². The summed E-state index contributed by atoms with van der Waals surface area (Å²) in [5.74, 6) is 0. The van der Waals surface area contributed by atoms with Gasteiger partial charge in [-0.25, -0.2) is 0 Å². The molecule has 1 fully saturated rings. The molecule has 0 N–H and O–H groups in total. The summed E-state index contributed by atoms with van der Waals surface area (Å²) in [5, 5.41) is 1.39. The number of ether oxygens (including phenoxy) is 1. The summed E-state index contributed by atoms with van der Waals surface area (Å²) in [5.41, 5.74) is 2.76. The van der Waals surface area contributed by atoms with Gasteiger partial charge < -0.3 is 9.30 Å². The van der Waals surface area contributed by atoms with E-state index in [0.29, 0.717) is 0 Å². The van der Waals surface area contributed by atoms with Crippen LogP contribution in [0.4, 0.5) is 0 Å². The quantitative estimate of drug-likeness (QED) is 0.700. The van der Waals surface area contributed by atoms with Crippen LogP contribution < -0.4 is 0 Å². The molecule has 1 aliphatic heterocycles. The minimum Gasteiger partial charge on any atom is -0.379 e. The summed E-state index contributed by atoms with van der Waals surface area (Å²) in [4.78, 5) is 5.38. The zero-order chi connectivity index (χ0) is 16.4. The lowest BCUT2D eigenvalue weighted by atomic mass is 10.1. The number of aromatic nitrogens is 1. The molecule has 3 aromatic rings. The molecule has 24 heavy (non-hydrogen) atoms. The van der Waals surface area contributed by atoms with E-state index < -0.39 is 0 Å². The second kappa shape index (κ2) is 7.09. The van der Waals surface area contributed by atoms with Gasteiger partial charge in [0.05, 0.1) is 13.2 Å². The Balaban J connectivity index is 1.51. The Bertz CT molecular complexity index is 800. The van der Waals surface area contributed by atoms with Crippen LogP contribution in [0.25, 0.3) is 10.2 Å². The number of hydrogen-bond acceptors (Lipinski definition) is 3. The molecular formula is C20H24N2OS. The number of aryl methyl sites for hydroxylation is 1. The van der Waals surface area contributed by atoms with Crippen LogP contribution in [0.2, 0.25) is 0 Å². The number of benzene rings is 1. The molecule has 0 aliphatic carbocycles. The Hall–Kier alpha value is -1.62. The zero-order valence-electron chi connectivity index (χ0n) is 14.2. The molecule has 0 saturated carbocycles. The lowest BCUT2D eigenvalue weighted by Crippen LogP contribution is -2.38. The molecule has 1 aliphatic rings. The highest BCUT2D eigenvalue weighted by Crippen LogP contribution is 2.30. The Kier molecular flexibility index (Phi) is 4.69. The van der Waals surface area contributed by atoms with Gasteiger partial charge in [0, 0.05) is 48.6 Å². The van der Waals surface area contributed by atoms with Gasteiger partial charge in [0.2, 0.25) is 0 Å². The van der Waals surface area contributed by atoms with Crippen molar-refractivity contribution in [1.82, 2.24) is 9.47 Å². The van der Waals surface area contributed by atoms with E-state index in [0.717, 1.165) is 45.8 Å². The average molecular weight is 340 g/mol. The molecule has 1 saturated heterocycles. The molecule has 3 heterocycles. The lowest BCUT2D eigenvalue weighted by molar-refractivity contribution is 0.0365. The van der Waals surface area contributed by atoms with Crippen LogP contribution >= 0.6 is 11.3 Å². The molecule has 0 atom stereocenters. The van der Waals surface area contributed by atoms with E-state index >= 15 is 0 Å². The minimum atomic E-state index is 0.875. The topological polar surface area (TPSA) is 17.4 Å². The summed E-state index contributed by atoms with van der Waals surface area (Å²) >= 11 is 1.95. The van der Waals surface area contributed by atoms with Crippen LogP contribution in [0.5, 0.6) is 0 Å². The molecule has 1 aromatic carbocycles. The fourth-order valence-electron chi connectivity index (χ4n) is 3.45. The maximum absolute atomic E-state index is 5.44. The van der Waals surface area contributed by atoms with E-state index in [2.05, 4.69) is 58.9 Å². The van der Waals surface area contributed by atoms with Gasteiger partial charge in [0.25, 0.3) is 0 Å². The van der Waals surface area contributed by atoms with E-state index in [1.54, 1.807) is 0 Å². The first-order valence-corrected chi connectivity index (χ1v) is 9.54. The van der Waals surface area contributed by atoms with E-state index in [4.69, 9.17) is 4.74 Å². The number of morpholine rings is 1. The van der Waals surface area contributed by atoms with Crippen molar-refractivity contribution in [3.05, 3.63) is 58.6 Å². The van der Waals surface area contributed by atoms with Crippen molar-refractivity contribution in [2.24, 2.45) is 0 Å². The molecule has 3 nitrogen and oxygen atoms in total. The Labute approximate surface area is 147 Å². The molecular weight excluding hydrogens is 316 g/mol. The van der Waals surface area contributed by atoms with E-state index in [1.807, 2.05) is 11.3 Å². The largest absolute Gasteiger partial charge is 0.379 e. The number of nitrogens with zero attached hydrogens (tertiary/aromatic N) is 2. The third-order valence-corrected chi connectivity index (χ3v) is 5.97. The average Bonchev–Trinajstić information content (AvgIpc) is 3.11. The Morgan fingerprint density at radius 1 is 1.04 bits per heavy atom. The Morgan fingerprint density at radius 2 is 1.83 bits per heavy atom. The first-order chi connectivity index (χ1) is 11.8. The third-order valence-electron chi connectivity index (χ3n) is 4.79. The van der Waals surface area contributed by atoms with Crippen LogP contribution in [-0.2, 0) is 17.7 Å². The molecule has 126 valence electrons. The molecule has 0 radical (unpaired) electrons. The third kappa shape index (κ3) is 3.41. The predicted octanol–water partition coefficient (Wildman–Crippen LogP) is 3.93. The SMILES string of the molecule is Cc1cc2cc(Cc3ccccc3)sc2n1CCN1CCOCC1. The van der Waals surface area contributed by atoms with Crippen LogP contribution in [0.15, 0.2) is 42.5 Å². The Morgan fingerprint density at radius 3 is 2.62 bits per heavy atom. The highest BCUT2D eigenvalue weighted by molar-refractivity contribution is 7.18. The van der Waals surface area contributed by atoms with E-state index in [9.17, 15) is 0 Å². The maximum atomic E-state index is 5.44. The summed E-state index contributed by atoms with van der Waals surface area (Å²) in [6.07, 6.45) is 1.03. The highest BCUT2D eigenvalue weighted by Gasteiger charge is 2.14. The number of fused-ring (bicyclic) bond motifs is 1. The van der Waals surface area contributed by atoms with Gasteiger partial charge in [0.15, 0.2) is 0 Å². The molecule has 4 rings (SSSR count). The highest BCUT2D eigenvalue weighted by atomic mass is 32.1. The maximum Gasteiger partial charge on any atom is 0.103 e. The minimum absolute atomic E-state index is 0.875. The number of thiophene rings is 1. The molecule has 0 bridgehead atoms. The van der Waals surface area contributed by atoms with E-state index in [-0.39, 0.29) is 0 Å². The first kappa shape index (κ1) is 15.9. The summed E-state index contributed by atoms with van der Waals surface area (Å²) in [6.45, 7) is 8.28. The van der Waals surface area contributed by atoms with Crippen molar-refractivity contribution in [2.45, 2.75) is 19.9 Å². The number of rotatable bonds is 5. The van der Waals surface area contributed by atoms with Crippen LogP contribution in [-0.4, -0.2) is 42.3 Å². The molecule has 0 unspecified atom stereocenters. The molecule has 0 spiro atoms. The van der Waals surface area contributed by atoms with Crippen molar-refractivity contribution < 1.29 is 4.74 Å². The monoisotopic (exact) mass is 340 g/mol. The van der Waals surface area contributed by atoms with Crippen molar-refractivity contribution in [3.8, 4) is 0 Å². The molecule has 4 heteroatoms. The lowest BCUT2D eigenvalue weighted by Gasteiger charge is -2.26. The standard InChI is InChI=1S/C20H24N2OS/c1-16-13-18-15-19(14-17-5-3-2-4-6-17)24-20(18)22(16)8-7-21-9-11-23-12-10-21/h2-6,13,15H,7-12,14H2,1H3. The van der Waals surface area contributed by atoms with Crippen LogP contribution in [0.3, 0.4) is 0 Å². The molecule has 0 amide bonds. The second-order valence-corrected chi connectivity index (χ2v) is 7.64. The first-order valence-electron chi connectivity index (χ1n) is 8.72.